The summed E-state index contributed by atoms with van der Waals surface area (Å²) in [5.74, 6) is 0.453. The van der Waals surface area contributed by atoms with Gasteiger partial charge in [-0.05, 0) is 12.3 Å². The van der Waals surface area contributed by atoms with Crippen molar-refractivity contribution in [2.45, 2.75) is 40.0 Å². The molecule has 0 bridgehead atoms. The molecule has 4 heteroatoms. The first kappa shape index (κ1) is 16.4. The Morgan fingerprint density at radius 2 is 1.71 bits per heavy atom. The fourth-order valence-electron chi connectivity index (χ4n) is 1.11. The van der Waals surface area contributed by atoms with Crippen LogP contribution in [0.25, 0.3) is 0 Å². The van der Waals surface area contributed by atoms with Gasteiger partial charge >= 0.3 is 5.97 Å². The van der Waals surface area contributed by atoms with Crippen molar-refractivity contribution in [1.29, 1.82) is 0 Å². The Kier molecular flexibility index (Phi) is 11.4. The topological polar surface area (TPSA) is 44.8 Å². The highest BCUT2D eigenvalue weighted by Gasteiger charge is 2.00. The van der Waals surface area contributed by atoms with Gasteiger partial charge in [0.15, 0.2) is 0 Å². The number of esters is 1. The van der Waals surface area contributed by atoms with E-state index in [-0.39, 0.29) is 5.97 Å². The van der Waals surface area contributed by atoms with Gasteiger partial charge in [-0.15, -0.1) is 0 Å². The fraction of sp³-hybridized carbons (Fsp3) is 0.923. The van der Waals surface area contributed by atoms with Gasteiger partial charge in [0.2, 0.25) is 0 Å². The van der Waals surface area contributed by atoms with Gasteiger partial charge in [0.25, 0.3) is 0 Å². The van der Waals surface area contributed by atoms with Gasteiger partial charge in [0.05, 0.1) is 19.8 Å². The zero-order valence-electron chi connectivity index (χ0n) is 11.4. The van der Waals surface area contributed by atoms with Crippen molar-refractivity contribution in [2.75, 3.05) is 33.0 Å². The Morgan fingerprint density at radius 1 is 1.06 bits per heavy atom. The minimum absolute atomic E-state index is 0.149. The standard InChI is InChI=1S/C13H26O4/c1-4-6-13(14)17-10-9-15-7-8-16-11-12(3)5-2/h12H,4-11H2,1-3H3. The molecule has 17 heavy (non-hydrogen) atoms. The van der Waals surface area contributed by atoms with Crippen molar-refractivity contribution < 1.29 is 19.0 Å². The summed E-state index contributed by atoms with van der Waals surface area (Å²) in [5, 5.41) is 0. The Morgan fingerprint density at radius 3 is 2.35 bits per heavy atom. The Bertz CT molecular complexity index is 182. The average molecular weight is 246 g/mol. The molecule has 1 unspecified atom stereocenters. The maximum atomic E-state index is 11.0. The zero-order valence-corrected chi connectivity index (χ0v) is 11.4. The highest BCUT2D eigenvalue weighted by molar-refractivity contribution is 5.69. The van der Waals surface area contributed by atoms with Gasteiger partial charge in [-0.2, -0.15) is 0 Å². The molecule has 0 aromatic heterocycles. The van der Waals surface area contributed by atoms with Crippen molar-refractivity contribution >= 4 is 5.97 Å². The molecular weight excluding hydrogens is 220 g/mol. The van der Waals surface area contributed by atoms with Crippen LogP contribution in [0, 0.1) is 5.92 Å². The third-order valence-electron chi connectivity index (χ3n) is 2.42. The lowest BCUT2D eigenvalue weighted by Gasteiger charge is -2.09. The second kappa shape index (κ2) is 11.9. The second-order valence-corrected chi connectivity index (χ2v) is 4.17. The number of hydrogen-bond acceptors (Lipinski definition) is 4. The van der Waals surface area contributed by atoms with Crippen LogP contribution in [0.15, 0.2) is 0 Å². The molecule has 0 saturated carbocycles. The van der Waals surface area contributed by atoms with Gasteiger partial charge in [0, 0.05) is 13.0 Å². The van der Waals surface area contributed by atoms with Gasteiger partial charge in [-0.3, -0.25) is 4.79 Å². The molecular formula is C13H26O4. The van der Waals surface area contributed by atoms with Crippen LogP contribution >= 0.6 is 0 Å². The van der Waals surface area contributed by atoms with E-state index in [0.717, 1.165) is 19.4 Å². The quantitative estimate of drug-likeness (QED) is 0.415. The maximum Gasteiger partial charge on any atom is 0.305 e. The van der Waals surface area contributed by atoms with E-state index in [1.165, 1.54) is 0 Å². The van der Waals surface area contributed by atoms with Crippen molar-refractivity contribution in [3.05, 3.63) is 0 Å². The van der Waals surface area contributed by atoms with E-state index in [1.54, 1.807) is 0 Å². The molecule has 0 saturated heterocycles. The molecule has 0 fully saturated rings. The zero-order chi connectivity index (χ0) is 12.9. The van der Waals surface area contributed by atoms with Crippen LogP contribution in [0.2, 0.25) is 0 Å². The molecule has 0 aliphatic carbocycles. The summed E-state index contributed by atoms with van der Waals surface area (Å²) in [6, 6.07) is 0. The molecule has 0 spiro atoms. The van der Waals surface area contributed by atoms with Crippen molar-refractivity contribution in [2.24, 2.45) is 5.92 Å². The van der Waals surface area contributed by atoms with E-state index in [2.05, 4.69) is 13.8 Å². The Hall–Kier alpha value is -0.610. The van der Waals surface area contributed by atoms with Crippen molar-refractivity contribution in [3.8, 4) is 0 Å². The van der Waals surface area contributed by atoms with Crippen LogP contribution in [0.3, 0.4) is 0 Å². The predicted octanol–water partition coefficient (Wildman–Crippen LogP) is 2.41. The Labute approximate surface area is 105 Å². The van der Waals surface area contributed by atoms with Gasteiger partial charge in [0.1, 0.15) is 6.61 Å². The van der Waals surface area contributed by atoms with Gasteiger partial charge in [-0.25, -0.2) is 0 Å². The number of rotatable bonds is 11. The minimum atomic E-state index is -0.149. The summed E-state index contributed by atoms with van der Waals surface area (Å²) in [4.78, 5) is 11.0. The summed E-state index contributed by atoms with van der Waals surface area (Å²) in [6.07, 6.45) is 2.44. The molecule has 4 nitrogen and oxygen atoms in total. The number of carbonyl (C=O) groups excluding carboxylic acids is 1. The SMILES string of the molecule is CCCC(=O)OCCOCCOCC(C)CC. The molecule has 0 aliphatic heterocycles. The lowest BCUT2D eigenvalue weighted by molar-refractivity contribution is -0.145. The normalized spacial score (nSPS) is 12.4. The van der Waals surface area contributed by atoms with Crippen LogP contribution in [-0.4, -0.2) is 39.0 Å². The van der Waals surface area contributed by atoms with E-state index in [4.69, 9.17) is 14.2 Å². The van der Waals surface area contributed by atoms with Gasteiger partial charge < -0.3 is 14.2 Å². The number of hydrogen-bond donors (Lipinski definition) is 0. The van der Waals surface area contributed by atoms with E-state index in [1.807, 2.05) is 6.92 Å². The predicted molar refractivity (Wildman–Crippen MR) is 67.0 cm³/mol. The summed E-state index contributed by atoms with van der Waals surface area (Å²) in [7, 11) is 0. The molecule has 0 heterocycles. The minimum Gasteiger partial charge on any atom is -0.463 e. The molecule has 102 valence electrons. The molecule has 0 radical (unpaired) electrons. The van der Waals surface area contributed by atoms with Crippen LogP contribution in [0.4, 0.5) is 0 Å². The third kappa shape index (κ3) is 11.6. The molecule has 0 rings (SSSR count). The average Bonchev–Trinajstić information content (AvgIpc) is 2.32. The molecule has 0 amide bonds. The third-order valence-corrected chi connectivity index (χ3v) is 2.42. The van der Waals surface area contributed by atoms with E-state index in [9.17, 15) is 4.79 Å². The number of ether oxygens (including phenoxy) is 3. The van der Waals surface area contributed by atoms with E-state index in [0.29, 0.717) is 38.8 Å². The fourth-order valence-corrected chi connectivity index (χ4v) is 1.11. The molecule has 0 N–H and O–H groups in total. The van der Waals surface area contributed by atoms with Gasteiger partial charge in [-0.1, -0.05) is 27.2 Å². The molecule has 0 aliphatic rings. The van der Waals surface area contributed by atoms with Crippen LogP contribution in [0.1, 0.15) is 40.0 Å². The molecule has 0 aromatic rings. The second-order valence-electron chi connectivity index (χ2n) is 4.17. The summed E-state index contributed by atoms with van der Waals surface area (Å²) in [6.45, 7) is 8.99. The molecule has 0 aromatic carbocycles. The van der Waals surface area contributed by atoms with Crippen LogP contribution < -0.4 is 0 Å². The summed E-state index contributed by atoms with van der Waals surface area (Å²) in [5.41, 5.74) is 0. The molecule has 1 atom stereocenters. The highest BCUT2D eigenvalue weighted by atomic mass is 16.6. The maximum absolute atomic E-state index is 11.0. The van der Waals surface area contributed by atoms with Crippen molar-refractivity contribution in [3.63, 3.8) is 0 Å². The largest absolute Gasteiger partial charge is 0.463 e. The van der Waals surface area contributed by atoms with Crippen LogP contribution in [-0.2, 0) is 19.0 Å². The lowest BCUT2D eigenvalue weighted by atomic mass is 10.1. The van der Waals surface area contributed by atoms with E-state index >= 15 is 0 Å². The smallest absolute Gasteiger partial charge is 0.305 e. The Balaban J connectivity index is 3.11. The lowest BCUT2D eigenvalue weighted by Crippen LogP contribution is -2.14. The van der Waals surface area contributed by atoms with Crippen LogP contribution in [0.5, 0.6) is 0 Å². The summed E-state index contributed by atoms with van der Waals surface area (Å²) < 4.78 is 15.6. The van der Waals surface area contributed by atoms with Crippen molar-refractivity contribution in [1.82, 2.24) is 0 Å². The first-order valence-electron chi connectivity index (χ1n) is 6.51. The first-order valence-corrected chi connectivity index (χ1v) is 6.51. The highest BCUT2D eigenvalue weighted by Crippen LogP contribution is 1.99. The monoisotopic (exact) mass is 246 g/mol. The number of carbonyl (C=O) groups is 1. The first-order chi connectivity index (χ1) is 8.20. The summed E-state index contributed by atoms with van der Waals surface area (Å²) >= 11 is 0. The van der Waals surface area contributed by atoms with E-state index < -0.39 is 0 Å².